The first-order valence-corrected chi connectivity index (χ1v) is 6.06. The van der Waals surface area contributed by atoms with Gasteiger partial charge in [-0.1, -0.05) is 0 Å². The van der Waals surface area contributed by atoms with Gasteiger partial charge in [0.25, 0.3) is 0 Å². The molecule has 0 unspecified atom stereocenters. The zero-order valence-electron chi connectivity index (χ0n) is 9.96. The summed E-state index contributed by atoms with van der Waals surface area (Å²) >= 11 is 0. The average molecular weight is 249 g/mol. The predicted octanol–water partition coefficient (Wildman–Crippen LogP) is 1.90. The highest BCUT2D eigenvalue weighted by atomic mass is 16.6. The van der Waals surface area contributed by atoms with Crippen LogP contribution in [-0.2, 0) is 9.47 Å². The van der Waals surface area contributed by atoms with Crippen LogP contribution in [0.2, 0.25) is 0 Å². The molecule has 1 aromatic rings. The molecule has 1 N–H and O–H groups in total. The SMILES string of the molecule is O=C1OC2(CCOCC2)CN1c1ccc(O)cc1. The zero-order valence-corrected chi connectivity index (χ0v) is 9.96. The molecule has 18 heavy (non-hydrogen) atoms. The van der Waals surface area contributed by atoms with E-state index in [0.717, 1.165) is 18.5 Å². The van der Waals surface area contributed by atoms with E-state index in [-0.39, 0.29) is 11.8 Å². The van der Waals surface area contributed by atoms with Crippen molar-refractivity contribution in [3.8, 4) is 5.75 Å². The normalized spacial score (nSPS) is 22.2. The van der Waals surface area contributed by atoms with Crippen molar-refractivity contribution in [2.45, 2.75) is 18.4 Å². The number of ether oxygens (including phenoxy) is 2. The molecule has 0 bridgehead atoms. The quantitative estimate of drug-likeness (QED) is 0.825. The number of benzene rings is 1. The molecule has 5 nitrogen and oxygen atoms in total. The molecule has 2 aliphatic heterocycles. The molecule has 1 aromatic carbocycles. The number of anilines is 1. The highest BCUT2D eigenvalue weighted by Gasteiger charge is 2.46. The van der Waals surface area contributed by atoms with Gasteiger partial charge in [0.15, 0.2) is 0 Å². The second kappa shape index (κ2) is 4.17. The lowest BCUT2D eigenvalue weighted by Gasteiger charge is -2.30. The molecule has 0 atom stereocenters. The van der Waals surface area contributed by atoms with Gasteiger partial charge in [-0.05, 0) is 24.3 Å². The second-order valence-electron chi connectivity index (χ2n) is 4.77. The van der Waals surface area contributed by atoms with Crippen LogP contribution in [0.25, 0.3) is 0 Å². The maximum absolute atomic E-state index is 11.9. The smallest absolute Gasteiger partial charge is 0.415 e. The Morgan fingerprint density at radius 3 is 2.50 bits per heavy atom. The summed E-state index contributed by atoms with van der Waals surface area (Å²) in [5, 5.41) is 9.26. The molecule has 0 aliphatic carbocycles. The van der Waals surface area contributed by atoms with Gasteiger partial charge in [-0.3, -0.25) is 4.90 Å². The van der Waals surface area contributed by atoms with E-state index in [1.165, 1.54) is 0 Å². The largest absolute Gasteiger partial charge is 0.508 e. The highest BCUT2D eigenvalue weighted by molar-refractivity contribution is 5.90. The van der Waals surface area contributed by atoms with Gasteiger partial charge >= 0.3 is 6.09 Å². The minimum absolute atomic E-state index is 0.187. The molecule has 3 rings (SSSR count). The van der Waals surface area contributed by atoms with Gasteiger partial charge < -0.3 is 14.6 Å². The van der Waals surface area contributed by atoms with Gasteiger partial charge in [0.1, 0.15) is 11.4 Å². The third-order valence-electron chi connectivity index (χ3n) is 3.54. The minimum atomic E-state index is -0.396. The number of hydrogen-bond donors (Lipinski definition) is 1. The lowest BCUT2D eigenvalue weighted by molar-refractivity contribution is -0.0431. The molecule has 2 aliphatic rings. The Morgan fingerprint density at radius 2 is 1.83 bits per heavy atom. The summed E-state index contributed by atoms with van der Waals surface area (Å²) in [6.07, 6.45) is 1.17. The fourth-order valence-electron chi connectivity index (χ4n) is 2.46. The van der Waals surface area contributed by atoms with Crippen molar-refractivity contribution >= 4 is 11.8 Å². The van der Waals surface area contributed by atoms with Crippen LogP contribution >= 0.6 is 0 Å². The molecule has 1 amide bonds. The van der Waals surface area contributed by atoms with Crippen molar-refractivity contribution in [3.63, 3.8) is 0 Å². The Morgan fingerprint density at radius 1 is 1.17 bits per heavy atom. The van der Waals surface area contributed by atoms with Gasteiger partial charge in [-0.2, -0.15) is 0 Å². The van der Waals surface area contributed by atoms with E-state index in [1.807, 2.05) is 0 Å². The second-order valence-corrected chi connectivity index (χ2v) is 4.77. The van der Waals surface area contributed by atoms with Crippen LogP contribution < -0.4 is 4.90 Å². The van der Waals surface area contributed by atoms with Crippen molar-refractivity contribution in [1.29, 1.82) is 0 Å². The van der Waals surface area contributed by atoms with Crippen LogP contribution in [-0.4, -0.2) is 36.6 Å². The highest BCUT2D eigenvalue weighted by Crippen LogP contribution is 2.35. The van der Waals surface area contributed by atoms with E-state index in [1.54, 1.807) is 29.2 Å². The number of nitrogens with zero attached hydrogens (tertiary/aromatic N) is 1. The van der Waals surface area contributed by atoms with E-state index in [2.05, 4.69) is 0 Å². The summed E-state index contributed by atoms with van der Waals surface area (Å²) in [5.74, 6) is 0.187. The van der Waals surface area contributed by atoms with E-state index in [4.69, 9.17) is 9.47 Å². The molecule has 0 radical (unpaired) electrons. The molecule has 0 saturated carbocycles. The Hall–Kier alpha value is -1.75. The number of phenols is 1. The monoisotopic (exact) mass is 249 g/mol. The fraction of sp³-hybridized carbons (Fsp3) is 0.462. The molecule has 2 fully saturated rings. The van der Waals surface area contributed by atoms with Crippen molar-refractivity contribution in [2.75, 3.05) is 24.7 Å². The first-order valence-electron chi connectivity index (χ1n) is 6.06. The summed E-state index contributed by atoms with van der Waals surface area (Å²) in [6.45, 7) is 1.83. The van der Waals surface area contributed by atoms with E-state index < -0.39 is 5.60 Å². The fourth-order valence-corrected chi connectivity index (χ4v) is 2.46. The summed E-state index contributed by atoms with van der Waals surface area (Å²) < 4.78 is 10.8. The summed E-state index contributed by atoms with van der Waals surface area (Å²) in [6, 6.07) is 6.57. The van der Waals surface area contributed by atoms with Crippen LogP contribution in [0.15, 0.2) is 24.3 Å². The standard InChI is InChI=1S/C13H15NO4/c15-11-3-1-10(2-4-11)14-9-13(18-12(14)16)5-7-17-8-6-13/h1-4,15H,5-9H2. The van der Waals surface area contributed by atoms with Gasteiger partial charge in [0.05, 0.1) is 19.8 Å². The first kappa shape index (κ1) is 11.3. The molecule has 2 heterocycles. The number of rotatable bonds is 1. The lowest BCUT2D eigenvalue weighted by atomic mass is 9.94. The minimum Gasteiger partial charge on any atom is -0.508 e. The number of carbonyl (C=O) groups excluding carboxylic acids is 1. The van der Waals surface area contributed by atoms with Crippen LogP contribution in [0.5, 0.6) is 5.75 Å². The molecule has 96 valence electrons. The van der Waals surface area contributed by atoms with Crippen molar-refractivity contribution in [1.82, 2.24) is 0 Å². The van der Waals surface area contributed by atoms with E-state index in [0.29, 0.717) is 19.8 Å². The Balaban J connectivity index is 1.82. The van der Waals surface area contributed by atoms with Crippen molar-refractivity contribution < 1.29 is 19.4 Å². The average Bonchev–Trinajstić information content (AvgIpc) is 2.68. The van der Waals surface area contributed by atoms with Crippen LogP contribution in [0, 0.1) is 0 Å². The number of phenolic OH excluding ortho intramolecular Hbond substituents is 1. The van der Waals surface area contributed by atoms with Crippen molar-refractivity contribution in [2.24, 2.45) is 0 Å². The van der Waals surface area contributed by atoms with E-state index in [9.17, 15) is 9.90 Å². The van der Waals surface area contributed by atoms with Crippen LogP contribution in [0.3, 0.4) is 0 Å². The van der Waals surface area contributed by atoms with Gasteiger partial charge in [-0.25, -0.2) is 4.79 Å². The van der Waals surface area contributed by atoms with E-state index >= 15 is 0 Å². The summed E-state index contributed by atoms with van der Waals surface area (Å²) in [5.41, 5.74) is 0.355. The number of hydrogen-bond acceptors (Lipinski definition) is 4. The maximum Gasteiger partial charge on any atom is 0.415 e. The lowest BCUT2D eigenvalue weighted by Crippen LogP contribution is -2.40. The van der Waals surface area contributed by atoms with Crippen LogP contribution in [0.4, 0.5) is 10.5 Å². The number of carbonyl (C=O) groups is 1. The Bertz CT molecular complexity index is 451. The zero-order chi connectivity index (χ0) is 12.6. The van der Waals surface area contributed by atoms with Crippen molar-refractivity contribution in [3.05, 3.63) is 24.3 Å². The molecular formula is C13H15NO4. The van der Waals surface area contributed by atoms with Gasteiger partial charge in [-0.15, -0.1) is 0 Å². The predicted molar refractivity (Wildman–Crippen MR) is 64.7 cm³/mol. The summed E-state index contributed by atoms with van der Waals surface area (Å²) in [7, 11) is 0. The van der Waals surface area contributed by atoms with Crippen LogP contribution in [0.1, 0.15) is 12.8 Å². The Labute approximate surface area is 105 Å². The summed E-state index contributed by atoms with van der Waals surface area (Å²) in [4.78, 5) is 13.5. The Kier molecular flexibility index (Phi) is 2.63. The first-order chi connectivity index (χ1) is 8.69. The number of aromatic hydroxyl groups is 1. The third kappa shape index (κ3) is 1.90. The third-order valence-corrected chi connectivity index (χ3v) is 3.54. The molecule has 5 heteroatoms. The molecule has 0 aromatic heterocycles. The topological polar surface area (TPSA) is 59.0 Å². The van der Waals surface area contributed by atoms with Gasteiger partial charge in [0.2, 0.25) is 0 Å². The molecule has 2 saturated heterocycles. The molecular weight excluding hydrogens is 234 g/mol. The number of amides is 1. The van der Waals surface area contributed by atoms with Gasteiger partial charge in [0, 0.05) is 18.5 Å². The maximum atomic E-state index is 11.9. The molecule has 1 spiro atoms.